The molecule has 2 saturated heterocycles. The summed E-state index contributed by atoms with van der Waals surface area (Å²) in [5.74, 6) is 0.256. The molecule has 5 fully saturated rings. The lowest BCUT2D eigenvalue weighted by molar-refractivity contribution is -0.208. The fraction of sp³-hybridized carbons (Fsp3) is 0.882. The molecule has 0 bridgehead atoms. The number of halogens is 1. The number of hydrogen-bond donors (Lipinski definition) is 2. The monoisotopic (exact) mass is 602 g/mol. The Morgan fingerprint density at radius 1 is 1.07 bits per heavy atom. The summed E-state index contributed by atoms with van der Waals surface area (Å²) in [6.07, 6.45) is 13.7. The number of morpholine rings is 1. The molecule has 43 heavy (non-hydrogen) atoms. The summed E-state index contributed by atoms with van der Waals surface area (Å²) in [7, 11) is 2.14. The van der Waals surface area contributed by atoms with Crippen molar-refractivity contribution in [1.29, 1.82) is 0 Å². The van der Waals surface area contributed by atoms with Gasteiger partial charge in [0.05, 0.1) is 35.9 Å². The molecule has 6 aliphatic rings. The fourth-order valence-electron chi connectivity index (χ4n) is 9.28. The highest BCUT2D eigenvalue weighted by molar-refractivity contribution is 6.20. The fourth-order valence-corrected chi connectivity index (χ4v) is 9.28. The maximum absolute atomic E-state index is 16.0. The number of hydrogen-bond acceptors (Lipinski definition) is 7. The molecule has 8 nitrogen and oxygen atoms in total. The van der Waals surface area contributed by atoms with Crippen molar-refractivity contribution in [1.82, 2.24) is 20.4 Å². The van der Waals surface area contributed by atoms with Gasteiger partial charge in [-0.05, 0) is 83.3 Å². The van der Waals surface area contributed by atoms with E-state index in [4.69, 9.17) is 9.47 Å². The largest absolute Gasteiger partial charge is 0.381 e. The summed E-state index contributed by atoms with van der Waals surface area (Å²) in [6.45, 7) is 5.88. The second-order valence-electron chi connectivity index (χ2n) is 14.3. The van der Waals surface area contributed by atoms with Crippen molar-refractivity contribution >= 4 is 11.7 Å². The third kappa shape index (κ3) is 6.70. The third-order valence-electron chi connectivity index (χ3n) is 11.7. The van der Waals surface area contributed by atoms with Crippen molar-refractivity contribution in [3.05, 3.63) is 11.8 Å². The SMILES string of the molecule is CCCCOCCCNC1C(F)CC2C(=O)C(C(=O)NCCC3CCCN3C)=CN3C4CC5CCCCC5CC4OC1C23. The highest BCUT2D eigenvalue weighted by Gasteiger charge is 2.59. The normalized spacial score (nSPS) is 39.1. The minimum atomic E-state index is -1.21. The molecule has 3 heterocycles. The first kappa shape index (κ1) is 31.4. The van der Waals surface area contributed by atoms with Gasteiger partial charge in [0.25, 0.3) is 5.91 Å². The summed E-state index contributed by atoms with van der Waals surface area (Å²) in [5.41, 5.74) is 0.217. The van der Waals surface area contributed by atoms with Crippen LogP contribution in [0.15, 0.2) is 11.8 Å². The topological polar surface area (TPSA) is 83.1 Å². The Morgan fingerprint density at radius 3 is 2.63 bits per heavy atom. The summed E-state index contributed by atoms with van der Waals surface area (Å²) >= 11 is 0. The minimum absolute atomic E-state index is 0.0000979. The van der Waals surface area contributed by atoms with E-state index in [1.54, 1.807) is 0 Å². The quantitative estimate of drug-likeness (QED) is 0.258. The van der Waals surface area contributed by atoms with E-state index in [-0.39, 0.29) is 41.9 Å². The number of Topliss-reactive ketones (excluding diaryl/α,β-unsaturated/α-hetero) is 1. The Bertz CT molecular complexity index is 1010. The second-order valence-corrected chi connectivity index (χ2v) is 14.3. The van der Waals surface area contributed by atoms with Gasteiger partial charge in [0.2, 0.25) is 0 Å². The van der Waals surface area contributed by atoms with Crippen LogP contribution in [0.2, 0.25) is 0 Å². The van der Waals surface area contributed by atoms with E-state index >= 15 is 4.39 Å². The Balaban J connectivity index is 1.19. The van der Waals surface area contributed by atoms with Gasteiger partial charge in [0.1, 0.15) is 6.17 Å². The first-order chi connectivity index (χ1) is 21.0. The number of carbonyl (C=O) groups excluding carboxylic acids is 2. The molecule has 242 valence electrons. The van der Waals surface area contributed by atoms with Crippen LogP contribution in [0.4, 0.5) is 4.39 Å². The van der Waals surface area contributed by atoms with E-state index in [1.807, 2.05) is 6.20 Å². The maximum atomic E-state index is 16.0. The molecule has 0 spiro atoms. The number of alkyl halides is 1. The molecule has 3 saturated carbocycles. The van der Waals surface area contributed by atoms with Gasteiger partial charge in [0.15, 0.2) is 5.78 Å². The third-order valence-corrected chi connectivity index (χ3v) is 11.7. The van der Waals surface area contributed by atoms with Crippen LogP contribution in [-0.2, 0) is 19.1 Å². The van der Waals surface area contributed by atoms with Crippen molar-refractivity contribution in [3.63, 3.8) is 0 Å². The Morgan fingerprint density at radius 2 is 1.86 bits per heavy atom. The van der Waals surface area contributed by atoms with Crippen LogP contribution in [0.1, 0.15) is 90.4 Å². The zero-order valence-corrected chi connectivity index (χ0v) is 26.5. The number of ether oxygens (including phenoxy) is 2. The van der Waals surface area contributed by atoms with Crippen molar-refractivity contribution in [2.75, 3.05) is 39.9 Å². The van der Waals surface area contributed by atoms with Gasteiger partial charge in [-0.15, -0.1) is 0 Å². The molecule has 6 rings (SSSR count). The van der Waals surface area contributed by atoms with Crippen molar-refractivity contribution in [2.45, 2.75) is 133 Å². The first-order valence-corrected chi connectivity index (χ1v) is 17.6. The first-order valence-electron chi connectivity index (χ1n) is 17.6. The van der Waals surface area contributed by atoms with Crippen LogP contribution in [0.25, 0.3) is 0 Å². The average molecular weight is 603 g/mol. The van der Waals surface area contributed by atoms with Gasteiger partial charge in [0, 0.05) is 37.9 Å². The molecule has 0 radical (unpaired) electrons. The summed E-state index contributed by atoms with van der Waals surface area (Å²) in [6, 6.07) is -0.0904. The molecule has 1 amide bonds. The van der Waals surface area contributed by atoms with E-state index < -0.39 is 24.2 Å². The number of rotatable bonds is 12. The van der Waals surface area contributed by atoms with Crippen molar-refractivity contribution < 1.29 is 23.5 Å². The molecule has 10 atom stereocenters. The minimum Gasteiger partial charge on any atom is -0.381 e. The number of likely N-dealkylation sites (tertiary alicyclic amines) is 1. The number of carbonyl (C=O) groups is 2. The zero-order chi connectivity index (χ0) is 29.9. The predicted octanol–water partition coefficient (Wildman–Crippen LogP) is 3.98. The van der Waals surface area contributed by atoms with E-state index in [0.717, 1.165) is 58.1 Å². The average Bonchev–Trinajstić information content (AvgIpc) is 3.42. The van der Waals surface area contributed by atoms with Gasteiger partial charge >= 0.3 is 0 Å². The van der Waals surface area contributed by atoms with Crippen LogP contribution in [0.5, 0.6) is 0 Å². The molecular formula is C34H55FN4O4. The molecule has 2 N–H and O–H groups in total. The van der Waals surface area contributed by atoms with Gasteiger partial charge in [-0.25, -0.2) is 4.39 Å². The Kier molecular flexibility index (Phi) is 10.4. The lowest BCUT2D eigenvalue weighted by atomic mass is 9.65. The Hall–Kier alpha value is -1.55. The number of ketones is 1. The molecule has 0 aromatic carbocycles. The van der Waals surface area contributed by atoms with Crippen molar-refractivity contribution in [3.8, 4) is 0 Å². The van der Waals surface area contributed by atoms with Gasteiger partial charge in [-0.2, -0.15) is 0 Å². The Labute approximate surface area is 257 Å². The van der Waals surface area contributed by atoms with E-state index in [1.165, 1.54) is 32.1 Å². The van der Waals surface area contributed by atoms with Crippen LogP contribution >= 0.6 is 0 Å². The van der Waals surface area contributed by atoms with Gasteiger partial charge in [-0.1, -0.05) is 39.0 Å². The zero-order valence-electron chi connectivity index (χ0n) is 26.5. The van der Waals surface area contributed by atoms with E-state index in [0.29, 0.717) is 37.6 Å². The number of amides is 1. The highest BCUT2D eigenvalue weighted by Crippen LogP contribution is 2.50. The lowest BCUT2D eigenvalue weighted by Gasteiger charge is -2.61. The van der Waals surface area contributed by atoms with Crippen LogP contribution in [0, 0.1) is 17.8 Å². The molecular weight excluding hydrogens is 547 g/mol. The van der Waals surface area contributed by atoms with Crippen LogP contribution in [0.3, 0.4) is 0 Å². The second kappa shape index (κ2) is 14.3. The summed E-state index contributed by atoms with van der Waals surface area (Å²) < 4.78 is 28.6. The predicted molar refractivity (Wildman–Crippen MR) is 164 cm³/mol. The molecule has 10 unspecified atom stereocenters. The smallest absolute Gasteiger partial charge is 0.256 e. The number of nitrogens with one attached hydrogen (secondary N) is 2. The summed E-state index contributed by atoms with van der Waals surface area (Å²) in [5, 5.41) is 6.55. The van der Waals surface area contributed by atoms with E-state index in [9.17, 15) is 9.59 Å². The standard InChI is InChI=1S/C34H55FN4O4/c1-3-4-16-42-17-8-13-36-30-27(35)20-25-31-33(30)43-29-19-23-10-6-5-9-22(23)18-28(29)39(31)21-26(32(25)40)34(41)37-14-12-24-11-7-15-38(24)2/h21-25,27-31,33,36H,3-20H2,1-2H3,(H,37,41). The van der Waals surface area contributed by atoms with Crippen molar-refractivity contribution in [2.24, 2.45) is 17.8 Å². The summed E-state index contributed by atoms with van der Waals surface area (Å²) in [4.78, 5) is 32.1. The molecule has 0 aromatic heterocycles. The number of nitrogens with zero attached hydrogens (tertiary/aromatic N) is 2. The van der Waals surface area contributed by atoms with Gasteiger partial charge < -0.3 is 29.9 Å². The lowest BCUT2D eigenvalue weighted by Crippen LogP contribution is -2.73. The molecule has 0 aromatic rings. The molecule has 3 aliphatic carbocycles. The highest BCUT2D eigenvalue weighted by atomic mass is 19.1. The van der Waals surface area contributed by atoms with Gasteiger partial charge in [-0.3, -0.25) is 9.59 Å². The maximum Gasteiger partial charge on any atom is 0.256 e. The molecule has 3 aliphatic heterocycles. The molecule has 9 heteroatoms. The number of unbranched alkanes of at least 4 members (excludes halogenated alkanes) is 1. The number of fused-ring (bicyclic) bond motifs is 3. The van der Waals surface area contributed by atoms with Crippen LogP contribution < -0.4 is 10.6 Å². The van der Waals surface area contributed by atoms with E-state index in [2.05, 4.69) is 34.4 Å². The van der Waals surface area contributed by atoms with Crippen LogP contribution in [-0.4, -0.2) is 104 Å².